The van der Waals surface area contributed by atoms with Crippen LogP contribution < -0.4 is 20.1 Å². The zero-order valence-corrected chi connectivity index (χ0v) is 16.8. The van der Waals surface area contributed by atoms with E-state index < -0.39 is 0 Å². The molecule has 1 heterocycles. The molecule has 28 heavy (non-hydrogen) atoms. The number of aromatic nitrogens is 1. The third-order valence-electron chi connectivity index (χ3n) is 5.17. The van der Waals surface area contributed by atoms with Gasteiger partial charge in [0, 0.05) is 17.3 Å². The molecule has 0 saturated heterocycles. The summed E-state index contributed by atoms with van der Waals surface area (Å²) in [5.41, 5.74) is 4.34. The molecule has 1 aliphatic carbocycles. The number of pyridine rings is 1. The molecule has 6 heteroatoms. The number of hydrogen-bond acceptors (Lipinski definition) is 4. The highest BCUT2D eigenvalue weighted by atomic mass is 32.1. The number of methoxy groups -OCH3 is 2. The minimum atomic E-state index is 0.192. The molecule has 3 aromatic rings. The van der Waals surface area contributed by atoms with Crippen molar-refractivity contribution >= 4 is 33.9 Å². The van der Waals surface area contributed by atoms with Gasteiger partial charge >= 0.3 is 0 Å². The quantitative estimate of drug-likeness (QED) is 0.631. The minimum Gasteiger partial charge on any atom is -0.497 e. The monoisotopic (exact) mass is 393 g/mol. The molecule has 144 valence electrons. The van der Waals surface area contributed by atoms with Crippen LogP contribution in [0.1, 0.15) is 30.0 Å². The largest absolute Gasteiger partial charge is 0.497 e. The molecule has 0 aliphatic heterocycles. The first-order chi connectivity index (χ1) is 13.7. The van der Waals surface area contributed by atoms with Gasteiger partial charge in [-0.25, -0.2) is 0 Å². The number of aryl methyl sites for hydroxylation is 1. The Balaban J connectivity index is 1.54. The fourth-order valence-corrected chi connectivity index (χ4v) is 4.06. The maximum Gasteiger partial charge on any atom is 0.171 e. The zero-order chi connectivity index (χ0) is 19.5. The van der Waals surface area contributed by atoms with Gasteiger partial charge in [-0.2, -0.15) is 0 Å². The topological polar surface area (TPSA) is 55.4 Å². The molecular formula is C22H23N3O2S. The van der Waals surface area contributed by atoms with Crippen molar-refractivity contribution in [1.29, 1.82) is 0 Å². The summed E-state index contributed by atoms with van der Waals surface area (Å²) < 4.78 is 10.8. The van der Waals surface area contributed by atoms with E-state index in [1.165, 1.54) is 11.1 Å². The van der Waals surface area contributed by atoms with Crippen LogP contribution in [0.25, 0.3) is 10.9 Å². The Morgan fingerprint density at radius 1 is 1.14 bits per heavy atom. The number of ether oxygens (including phenoxy) is 2. The third-order valence-corrected chi connectivity index (χ3v) is 5.39. The van der Waals surface area contributed by atoms with E-state index in [-0.39, 0.29) is 6.04 Å². The predicted octanol–water partition coefficient (Wildman–Crippen LogP) is 4.62. The number of nitrogens with zero attached hydrogens (tertiary/aromatic N) is 1. The van der Waals surface area contributed by atoms with Crippen LogP contribution in [0.4, 0.5) is 5.69 Å². The van der Waals surface area contributed by atoms with Crippen molar-refractivity contribution in [3.8, 4) is 11.5 Å². The molecular weight excluding hydrogens is 370 g/mol. The number of thiocarbonyl (C=S) groups is 1. The van der Waals surface area contributed by atoms with Crippen molar-refractivity contribution in [1.82, 2.24) is 10.3 Å². The van der Waals surface area contributed by atoms with Gasteiger partial charge in [0.15, 0.2) is 5.11 Å². The summed E-state index contributed by atoms with van der Waals surface area (Å²) in [5.74, 6) is 1.65. The van der Waals surface area contributed by atoms with Gasteiger partial charge < -0.3 is 20.1 Å². The Morgan fingerprint density at radius 2 is 2.04 bits per heavy atom. The molecule has 2 N–H and O–H groups in total. The third kappa shape index (κ3) is 3.60. The smallest absolute Gasteiger partial charge is 0.171 e. The average molecular weight is 394 g/mol. The van der Waals surface area contributed by atoms with Crippen LogP contribution in [0, 0.1) is 0 Å². The number of benzene rings is 2. The molecule has 1 aromatic heterocycles. The van der Waals surface area contributed by atoms with Crippen molar-refractivity contribution in [3.05, 3.63) is 59.8 Å². The van der Waals surface area contributed by atoms with Gasteiger partial charge in [-0.15, -0.1) is 0 Å². The van der Waals surface area contributed by atoms with E-state index >= 15 is 0 Å². The second-order valence-corrected chi connectivity index (χ2v) is 7.23. The van der Waals surface area contributed by atoms with E-state index in [4.69, 9.17) is 21.7 Å². The summed E-state index contributed by atoms with van der Waals surface area (Å²) in [6, 6.07) is 14.3. The Labute approximate surface area is 170 Å². The lowest BCUT2D eigenvalue weighted by atomic mass is 9.87. The second-order valence-electron chi connectivity index (χ2n) is 6.82. The number of anilines is 1. The molecule has 0 bridgehead atoms. The lowest BCUT2D eigenvalue weighted by molar-refractivity contribution is 0.412. The molecule has 0 fully saturated rings. The van der Waals surface area contributed by atoms with E-state index in [0.29, 0.717) is 5.11 Å². The Morgan fingerprint density at radius 3 is 2.86 bits per heavy atom. The number of rotatable bonds is 4. The molecule has 0 unspecified atom stereocenters. The lowest BCUT2D eigenvalue weighted by Crippen LogP contribution is -2.34. The minimum absolute atomic E-state index is 0.192. The Bertz CT molecular complexity index is 1020. The van der Waals surface area contributed by atoms with Crippen LogP contribution in [-0.4, -0.2) is 24.3 Å². The Hall–Kier alpha value is -2.86. The van der Waals surface area contributed by atoms with E-state index in [2.05, 4.69) is 27.8 Å². The maximum atomic E-state index is 5.62. The van der Waals surface area contributed by atoms with E-state index in [1.807, 2.05) is 30.3 Å². The highest BCUT2D eigenvalue weighted by Gasteiger charge is 2.21. The zero-order valence-electron chi connectivity index (χ0n) is 16.0. The summed E-state index contributed by atoms with van der Waals surface area (Å²) in [6.07, 6.45) is 5.00. The summed E-state index contributed by atoms with van der Waals surface area (Å²) in [6.45, 7) is 0. The lowest BCUT2D eigenvalue weighted by Gasteiger charge is -2.28. The number of nitrogens with one attached hydrogen (secondary N) is 2. The summed E-state index contributed by atoms with van der Waals surface area (Å²) in [4.78, 5) is 4.44. The molecule has 1 aliphatic rings. The molecule has 2 aromatic carbocycles. The van der Waals surface area contributed by atoms with E-state index in [0.717, 1.165) is 47.4 Å². The Kier molecular flexibility index (Phi) is 5.30. The van der Waals surface area contributed by atoms with E-state index in [9.17, 15) is 0 Å². The number of hydrogen-bond donors (Lipinski definition) is 2. The summed E-state index contributed by atoms with van der Waals surface area (Å²) in [7, 11) is 3.35. The molecule has 0 saturated carbocycles. The summed E-state index contributed by atoms with van der Waals surface area (Å²) >= 11 is 5.62. The molecule has 4 rings (SSSR count). The van der Waals surface area contributed by atoms with Crippen LogP contribution in [0.3, 0.4) is 0 Å². The molecule has 0 radical (unpaired) electrons. The van der Waals surface area contributed by atoms with Gasteiger partial charge in [0.2, 0.25) is 0 Å². The normalized spacial score (nSPS) is 15.6. The highest BCUT2D eigenvalue weighted by Crippen LogP contribution is 2.33. The first kappa shape index (κ1) is 18.5. The first-order valence-electron chi connectivity index (χ1n) is 9.35. The standard InChI is InChI=1S/C22H23N3O2S/c1-26-15-8-9-16-14(13-15)5-3-7-18(16)24-22(28)25-19-10-11-20(27-2)21-17(19)6-4-12-23-21/h4,6,8-13,18H,3,5,7H2,1-2H3,(H2,24,25,28)/t18-/m1/s1. The highest BCUT2D eigenvalue weighted by molar-refractivity contribution is 7.80. The fourth-order valence-electron chi connectivity index (χ4n) is 3.80. The maximum absolute atomic E-state index is 5.62. The van der Waals surface area contributed by atoms with Gasteiger partial charge in [-0.05, 0) is 79.0 Å². The van der Waals surface area contributed by atoms with Crippen molar-refractivity contribution < 1.29 is 9.47 Å². The van der Waals surface area contributed by atoms with Crippen molar-refractivity contribution in [3.63, 3.8) is 0 Å². The second kappa shape index (κ2) is 8.02. The van der Waals surface area contributed by atoms with Gasteiger partial charge in [-0.3, -0.25) is 4.98 Å². The van der Waals surface area contributed by atoms with Gasteiger partial charge in [-0.1, -0.05) is 6.07 Å². The van der Waals surface area contributed by atoms with Crippen molar-refractivity contribution in [2.24, 2.45) is 0 Å². The van der Waals surface area contributed by atoms with Crippen molar-refractivity contribution in [2.45, 2.75) is 25.3 Å². The average Bonchev–Trinajstić information content (AvgIpc) is 2.73. The fraction of sp³-hybridized carbons (Fsp3) is 0.273. The van der Waals surface area contributed by atoms with Crippen LogP contribution in [-0.2, 0) is 6.42 Å². The molecule has 0 spiro atoms. The predicted molar refractivity (Wildman–Crippen MR) is 116 cm³/mol. The van der Waals surface area contributed by atoms with E-state index in [1.54, 1.807) is 20.4 Å². The van der Waals surface area contributed by atoms with Crippen LogP contribution in [0.2, 0.25) is 0 Å². The number of fused-ring (bicyclic) bond motifs is 2. The SMILES string of the molecule is COc1ccc2c(c1)CCC[C@H]2NC(=S)Nc1ccc(OC)c2ncccc12. The molecule has 0 amide bonds. The molecule has 1 atom stereocenters. The van der Waals surface area contributed by atoms with Gasteiger partial charge in [0.25, 0.3) is 0 Å². The molecule has 5 nitrogen and oxygen atoms in total. The van der Waals surface area contributed by atoms with Crippen LogP contribution in [0.15, 0.2) is 48.7 Å². The van der Waals surface area contributed by atoms with Gasteiger partial charge in [0.05, 0.1) is 20.3 Å². The van der Waals surface area contributed by atoms with Gasteiger partial charge in [0.1, 0.15) is 17.0 Å². The first-order valence-corrected chi connectivity index (χ1v) is 9.76. The van der Waals surface area contributed by atoms with Crippen LogP contribution in [0.5, 0.6) is 11.5 Å². The van der Waals surface area contributed by atoms with Crippen LogP contribution >= 0.6 is 12.2 Å². The van der Waals surface area contributed by atoms with Crippen molar-refractivity contribution in [2.75, 3.05) is 19.5 Å². The summed E-state index contributed by atoms with van der Waals surface area (Å²) in [5, 5.41) is 8.39.